The molecule has 1 saturated heterocycles. The molecule has 0 spiro atoms. The number of rotatable bonds is 3. The molecule has 1 amide bonds. The molecule has 0 aromatic heterocycles. The third kappa shape index (κ3) is 3.80. The fraction of sp³-hybridized carbons (Fsp3) is 0.296. The van der Waals surface area contributed by atoms with Crippen LogP contribution in [0.4, 0.5) is 4.39 Å². The van der Waals surface area contributed by atoms with Crippen LogP contribution in [0.2, 0.25) is 0 Å². The molecule has 1 aliphatic carbocycles. The van der Waals surface area contributed by atoms with Gasteiger partial charge in [0.1, 0.15) is 11.6 Å². The van der Waals surface area contributed by atoms with Crippen molar-refractivity contribution < 1.29 is 23.5 Å². The fourth-order valence-corrected chi connectivity index (χ4v) is 5.00. The van der Waals surface area contributed by atoms with E-state index in [1.54, 1.807) is 11.8 Å². The normalized spacial score (nSPS) is 18.4. The van der Waals surface area contributed by atoms with E-state index in [9.17, 15) is 18.8 Å². The summed E-state index contributed by atoms with van der Waals surface area (Å²) in [6.45, 7) is 2.68. The highest BCUT2D eigenvalue weighted by atomic mass is 19.1. The molecule has 3 aromatic carbocycles. The predicted octanol–water partition coefficient (Wildman–Crippen LogP) is 5.13. The number of ether oxygens (including phenoxy) is 1. The van der Waals surface area contributed by atoms with Crippen LogP contribution in [0.3, 0.4) is 0 Å². The lowest BCUT2D eigenvalue weighted by Gasteiger charge is -2.31. The van der Waals surface area contributed by atoms with E-state index in [-0.39, 0.29) is 41.3 Å². The van der Waals surface area contributed by atoms with Crippen molar-refractivity contribution in [2.45, 2.75) is 32.1 Å². The lowest BCUT2D eigenvalue weighted by molar-refractivity contribution is -0.140. The van der Waals surface area contributed by atoms with E-state index in [0.717, 1.165) is 10.8 Å². The number of ketones is 1. The molecule has 5 rings (SSSR count). The molecule has 168 valence electrons. The molecule has 0 bridgehead atoms. The third-order valence-corrected chi connectivity index (χ3v) is 6.76. The highest BCUT2D eigenvalue weighted by Crippen LogP contribution is 2.40. The Bertz CT molecular complexity index is 1270. The number of benzene rings is 3. The molecular weight excluding hydrogens is 421 g/mol. The molecule has 1 heterocycles. The van der Waals surface area contributed by atoms with Gasteiger partial charge in [-0.2, -0.15) is 0 Å². The van der Waals surface area contributed by atoms with Crippen LogP contribution in [0.5, 0.6) is 5.75 Å². The Hall–Kier alpha value is -3.54. The van der Waals surface area contributed by atoms with Crippen LogP contribution in [-0.2, 0) is 4.79 Å². The number of fused-ring (bicyclic) bond motifs is 2. The average Bonchev–Trinajstić information content (AvgIpc) is 3.14. The number of halogens is 1. The van der Waals surface area contributed by atoms with Gasteiger partial charge in [0.15, 0.2) is 5.78 Å². The van der Waals surface area contributed by atoms with Gasteiger partial charge in [-0.1, -0.05) is 43.3 Å². The van der Waals surface area contributed by atoms with Crippen molar-refractivity contribution in [3.63, 3.8) is 0 Å². The average molecular weight is 445 g/mol. The Morgan fingerprint density at radius 3 is 2.52 bits per heavy atom. The van der Waals surface area contributed by atoms with E-state index < -0.39 is 11.8 Å². The molecule has 1 aliphatic heterocycles. The van der Waals surface area contributed by atoms with E-state index in [4.69, 9.17) is 4.74 Å². The minimum absolute atomic E-state index is 0.0467. The lowest BCUT2D eigenvalue weighted by atomic mass is 9.95. The van der Waals surface area contributed by atoms with Crippen molar-refractivity contribution in [1.82, 2.24) is 4.90 Å². The molecule has 2 aliphatic rings. The van der Waals surface area contributed by atoms with Gasteiger partial charge >= 0.3 is 5.97 Å². The first kappa shape index (κ1) is 21.3. The van der Waals surface area contributed by atoms with Crippen LogP contribution in [0, 0.1) is 11.7 Å². The van der Waals surface area contributed by atoms with E-state index in [1.165, 1.54) is 12.1 Å². The Morgan fingerprint density at radius 1 is 1.00 bits per heavy atom. The largest absolute Gasteiger partial charge is 0.426 e. The van der Waals surface area contributed by atoms with Gasteiger partial charge in [-0.05, 0) is 47.7 Å². The third-order valence-electron chi connectivity index (χ3n) is 6.76. The lowest BCUT2D eigenvalue weighted by Crippen LogP contribution is -2.41. The first-order valence-corrected chi connectivity index (χ1v) is 11.3. The summed E-state index contributed by atoms with van der Waals surface area (Å²) in [6, 6.07) is 16.1. The van der Waals surface area contributed by atoms with Crippen molar-refractivity contribution in [2.24, 2.45) is 5.92 Å². The monoisotopic (exact) mass is 445 g/mol. The molecule has 0 radical (unpaired) electrons. The number of hydrogen-bond donors (Lipinski definition) is 0. The second-order valence-corrected chi connectivity index (χ2v) is 8.88. The number of hydrogen-bond acceptors (Lipinski definition) is 4. The minimum Gasteiger partial charge on any atom is -0.426 e. The van der Waals surface area contributed by atoms with Gasteiger partial charge in [0.25, 0.3) is 5.91 Å². The maximum Gasteiger partial charge on any atom is 0.314 e. The molecule has 0 saturated carbocycles. The number of nitrogens with zero attached hydrogens (tertiary/aromatic N) is 1. The molecule has 1 atom stereocenters. The maximum absolute atomic E-state index is 14.2. The Labute approximate surface area is 191 Å². The molecular formula is C27H24FNO4. The SMILES string of the molecule is C[C@@H]1CC(=O)c2c(OC(=O)C3CCN(C(=O)c4cccc5ccccc45)CC3)ccc(F)c21. The van der Waals surface area contributed by atoms with Gasteiger partial charge in [-0.25, -0.2) is 4.39 Å². The number of carbonyl (C=O) groups excluding carboxylic acids is 3. The van der Waals surface area contributed by atoms with Crippen molar-refractivity contribution in [2.75, 3.05) is 13.1 Å². The zero-order chi connectivity index (χ0) is 23.1. The zero-order valence-corrected chi connectivity index (χ0v) is 18.3. The van der Waals surface area contributed by atoms with Crippen LogP contribution >= 0.6 is 0 Å². The van der Waals surface area contributed by atoms with Crippen molar-refractivity contribution in [3.8, 4) is 5.75 Å². The van der Waals surface area contributed by atoms with Gasteiger partial charge < -0.3 is 9.64 Å². The smallest absolute Gasteiger partial charge is 0.314 e. The quantitative estimate of drug-likeness (QED) is 0.414. The van der Waals surface area contributed by atoms with Gasteiger partial charge in [0.2, 0.25) is 0 Å². The summed E-state index contributed by atoms with van der Waals surface area (Å²) in [5.74, 6) is -1.59. The Kier molecular flexibility index (Phi) is 5.44. The van der Waals surface area contributed by atoms with Crippen LogP contribution in [0.25, 0.3) is 10.8 Å². The second kappa shape index (κ2) is 8.43. The molecule has 1 fully saturated rings. The fourth-order valence-electron chi connectivity index (χ4n) is 5.00. The van der Waals surface area contributed by atoms with Crippen LogP contribution < -0.4 is 4.74 Å². The number of Topliss-reactive ketones (excluding diaryl/α,β-unsaturated/α-hetero) is 1. The van der Waals surface area contributed by atoms with Gasteiger partial charge in [0, 0.05) is 30.6 Å². The number of likely N-dealkylation sites (tertiary alicyclic amines) is 1. The Balaban J connectivity index is 1.27. The number of esters is 1. The van der Waals surface area contributed by atoms with Crippen LogP contribution in [0.1, 0.15) is 58.4 Å². The molecule has 6 heteroatoms. The first-order chi connectivity index (χ1) is 15.9. The predicted molar refractivity (Wildman–Crippen MR) is 122 cm³/mol. The summed E-state index contributed by atoms with van der Waals surface area (Å²) in [5, 5.41) is 1.92. The van der Waals surface area contributed by atoms with Crippen LogP contribution in [-0.4, -0.2) is 35.6 Å². The summed E-state index contributed by atoms with van der Waals surface area (Å²) in [4.78, 5) is 40.1. The van der Waals surface area contributed by atoms with Gasteiger partial charge in [-0.15, -0.1) is 0 Å². The second-order valence-electron chi connectivity index (χ2n) is 8.88. The summed E-state index contributed by atoms with van der Waals surface area (Å²) >= 11 is 0. The molecule has 5 nitrogen and oxygen atoms in total. The summed E-state index contributed by atoms with van der Waals surface area (Å²) in [5.41, 5.74) is 1.18. The highest BCUT2D eigenvalue weighted by Gasteiger charge is 2.35. The Morgan fingerprint density at radius 2 is 1.73 bits per heavy atom. The first-order valence-electron chi connectivity index (χ1n) is 11.3. The van der Waals surface area contributed by atoms with E-state index in [2.05, 4.69) is 0 Å². The van der Waals surface area contributed by atoms with Crippen molar-refractivity contribution in [1.29, 1.82) is 0 Å². The van der Waals surface area contributed by atoms with Crippen LogP contribution in [0.15, 0.2) is 54.6 Å². The number of piperidine rings is 1. The zero-order valence-electron chi connectivity index (χ0n) is 18.3. The molecule has 33 heavy (non-hydrogen) atoms. The van der Waals surface area contributed by atoms with E-state index >= 15 is 0 Å². The topological polar surface area (TPSA) is 63.7 Å². The van der Waals surface area contributed by atoms with Crippen molar-refractivity contribution >= 4 is 28.4 Å². The number of carbonyl (C=O) groups is 3. The van der Waals surface area contributed by atoms with Gasteiger partial charge in [0.05, 0.1) is 11.5 Å². The summed E-state index contributed by atoms with van der Waals surface area (Å²) < 4.78 is 19.8. The molecule has 3 aromatic rings. The highest BCUT2D eigenvalue weighted by molar-refractivity contribution is 6.07. The van der Waals surface area contributed by atoms with E-state index in [0.29, 0.717) is 37.1 Å². The number of amides is 1. The molecule has 0 N–H and O–H groups in total. The minimum atomic E-state index is -0.441. The standard InChI is InChI=1S/C27H24FNO4/c1-16-15-22(30)25-23(10-9-21(28)24(16)25)33-27(32)18-11-13-29(14-12-18)26(31)20-8-4-6-17-5-2-3-7-19(17)20/h2-10,16,18H,11-15H2,1H3/t16-/m1/s1. The van der Waals surface area contributed by atoms with E-state index in [1.807, 2.05) is 42.5 Å². The maximum atomic E-state index is 14.2. The summed E-state index contributed by atoms with van der Waals surface area (Å²) in [6.07, 6.45) is 1.17. The van der Waals surface area contributed by atoms with Gasteiger partial charge in [-0.3, -0.25) is 14.4 Å². The van der Waals surface area contributed by atoms with Crippen molar-refractivity contribution in [3.05, 3.63) is 77.1 Å². The molecule has 0 unspecified atom stereocenters. The summed E-state index contributed by atoms with van der Waals surface area (Å²) in [7, 11) is 0.